The summed E-state index contributed by atoms with van der Waals surface area (Å²) in [6.07, 6.45) is -4.71. The van der Waals surface area contributed by atoms with E-state index in [2.05, 4.69) is 36.1 Å². The molecule has 2 unspecified atom stereocenters. The molecule has 0 fully saturated rings. The second-order valence-corrected chi connectivity index (χ2v) is 12.9. The summed E-state index contributed by atoms with van der Waals surface area (Å²) in [7, 11) is -4.53. The fourth-order valence-corrected chi connectivity index (χ4v) is 5.82. The minimum Gasteiger partial charge on any atom is -0.493 e. The molecule has 1 aliphatic heterocycles. The quantitative estimate of drug-likeness (QED) is 0.268. The van der Waals surface area contributed by atoms with Crippen LogP contribution in [-0.4, -0.2) is 26.5 Å². The number of ether oxygens (including phenoxy) is 1. The summed E-state index contributed by atoms with van der Waals surface area (Å²) in [5.74, 6) is -0.565. The lowest BCUT2D eigenvalue weighted by atomic mass is 9.97. The van der Waals surface area contributed by atoms with Crippen LogP contribution in [0.5, 0.6) is 5.75 Å². The zero-order valence-corrected chi connectivity index (χ0v) is 24.2. The number of fused-ring (bicyclic) bond motifs is 1. The van der Waals surface area contributed by atoms with Gasteiger partial charge in [-0.05, 0) is 68.3 Å². The Kier molecular flexibility index (Phi) is 9.29. The standard InChI is InChI=1S/C30H33F4N3O4S/c1-29(2,3)35-18-19-10-11-24-25(12-13-41-27(24)14-19)36-28(38)17-26(20-6-4-8-22(31)15-20)37-42(39,40)23-9-5-7-21(16-23)30(32,33)34/h4-11,14-16,25-26,35,37H,12-13,17-18H2,1-3H3,(H,36,38). The number of rotatable bonds is 9. The molecule has 0 radical (unpaired) electrons. The summed E-state index contributed by atoms with van der Waals surface area (Å²) >= 11 is 0. The highest BCUT2D eigenvalue weighted by atomic mass is 32.2. The van der Waals surface area contributed by atoms with E-state index < -0.39 is 56.9 Å². The van der Waals surface area contributed by atoms with Gasteiger partial charge in [-0.2, -0.15) is 13.2 Å². The number of nitrogens with one attached hydrogen (secondary N) is 3. The Morgan fingerprint density at radius 1 is 1.02 bits per heavy atom. The van der Waals surface area contributed by atoms with Crippen LogP contribution in [0.15, 0.2) is 71.6 Å². The molecule has 0 aromatic heterocycles. The van der Waals surface area contributed by atoms with Gasteiger partial charge in [0, 0.05) is 30.5 Å². The topological polar surface area (TPSA) is 96.5 Å². The van der Waals surface area contributed by atoms with Crippen molar-refractivity contribution in [3.05, 3.63) is 94.8 Å². The van der Waals surface area contributed by atoms with Crippen LogP contribution >= 0.6 is 0 Å². The Morgan fingerprint density at radius 3 is 2.45 bits per heavy atom. The number of alkyl halides is 3. The summed E-state index contributed by atoms with van der Waals surface area (Å²) in [5, 5.41) is 6.31. The normalized spacial score (nSPS) is 16.3. The van der Waals surface area contributed by atoms with Gasteiger partial charge in [0.05, 0.1) is 29.1 Å². The fraction of sp³-hybridized carbons (Fsp3) is 0.367. The number of hydrogen-bond acceptors (Lipinski definition) is 5. The van der Waals surface area contributed by atoms with Gasteiger partial charge in [-0.15, -0.1) is 0 Å². The summed E-state index contributed by atoms with van der Waals surface area (Å²) in [4.78, 5) is 12.6. The molecule has 12 heteroatoms. The highest BCUT2D eigenvalue weighted by Gasteiger charge is 2.33. The first-order valence-electron chi connectivity index (χ1n) is 13.4. The number of carbonyl (C=O) groups excluding carboxylic acids is 1. The van der Waals surface area contributed by atoms with Gasteiger partial charge in [-0.25, -0.2) is 17.5 Å². The van der Waals surface area contributed by atoms with Crippen LogP contribution in [0.4, 0.5) is 17.6 Å². The molecule has 0 spiro atoms. The molecular formula is C30H33F4N3O4S. The Hall–Kier alpha value is -3.48. The van der Waals surface area contributed by atoms with E-state index in [0.29, 0.717) is 31.4 Å². The first-order chi connectivity index (χ1) is 19.6. The average molecular weight is 608 g/mol. The average Bonchev–Trinajstić information content (AvgIpc) is 2.90. The molecule has 0 saturated carbocycles. The molecule has 3 aromatic rings. The molecule has 0 saturated heterocycles. The van der Waals surface area contributed by atoms with Gasteiger partial charge < -0.3 is 15.4 Å². The summed E-state index contributed by atoms with van der Waals surface area (Å²) < 4.78 is 88.1. The Labute approximate surface area is 242 Å². The lowest BCUT2D eigenvalue weighted by molar-refractivity contribution is -0.137. The predicted molar refractivity (Wildman–Crippen MR) is 150 cm³/mol. The molecule has 42 heavy (non-hydrogen) atoms. The minimum absolute atomic E-state index is 0.0753. The molecule has 1 amide bonds. The maximum Gasteiger partial charge on any atom is 0.416 e. The fourth-order valence-electron chi connectivity index (χ4n) is 4.55. The van der Waals surface area contributed by atoms with Crippen molar-refractivity contribution in [1.82, 2.24) is 15.4 Å². The first-order valence-corrected chi connectivity index (χ1v) is 14.8. The molecule has 0 aliphatic carbocycles. The maximum atomic E-state index is 14.1. The molecule has 4 rings (SSSR count). The number of halogens is 4. The van der Waals surface area contributed by atoms with Crippen molar-refractivity contribution in [3.8, 4) is 5.75 Å². The Balaban J connectivity index is 1.53. The van der Waals surface area contributed by atoms with Gasteiger partial charge in [-0.1, -0.05) is 30.3 Å². The van der Waals surface area contributed by atoms with E-state index in [4.69, 9.17) is 4.74 Å². The molecule has 226 valence electrons. The van der Waals surface area contributed by atoms with E-state index in [9.17, 15) is 30.8 Å². The number of amides is 1. The minimum atomic E-state index is -4.75. The number of benzene rings is 3. The van der Waals surface area contributed by atoms with Crippen molar-refractivity contribution >= 4 is 15.9 Å². The zero-order chi connectivity index (χ0) is 30.7. The van der Waals surface area contributed by atoms with Crippen LogP contribution in [0, 0.1) is 5.82 Å². The molecule has 7 nitrogen and oxygen atoms in total. The third-order valence-electron chi connectivity index (χ3n) is 6.69. The zero-order valence-electron chi connectivity index (χ0n) is 23.4. The van der Waals surface area contributed by atoms with Crippen LogP contribution in [-0.2, 0) is 27.5 Å². The van der Waals surface area contributed by atoms with Crippen molar-refractivity contribution < 1.29 is 35.5 Å². The third kappa shape index (κ3) is 8.30. The van der Waals surface area contributed by atoms with E-state index in [1.54, 1.807) is 0 Å². The van der Waals surface area contributed by atoms with Crippen LogP contribution in [0.2, 0.25) is 0 Å². The molecule has 0 bridgehead atoms. The van der Waals surface area contributed by atoms with E-state index in [-0.39, 0.29) is 11.1 Å². The van der Waals surface area contributed by atoms with Gasteiger partial charge in [0.1, 0.15) is 11.6 Å². The molecular weight excluding hydrogens is 574 g/mol. The molecule has 3 N–H and O–H groups in total. The van der Waals surface area contributed by atoms with Crippen LogP contribution in [0.25, 0.3) is 0 Å². The lowest BCUT2D eigenvalue weighted by Crippen LogP contribution is -2.37. The first kappa shape index (κ1) is 31.5. The Morgan fingerprint density at radius 2 is 1.76 bits per heavy atom. The summed E-state index contributed by atoms with van der Waals surface area (Å²) in [6.45, 7) is 7.15. The number of carbonyl (C=O) groups is 1. The van der Waals surface area contributed by atoms with Crippen molar-refractivity contribution in [2.75, 3.05) is 6.61 Å². The monoisotopic (exact) mass is 607 g/mol. The van der Waals surface area contributed by atoms with Crippen molar-refractivity contribution in [2.24, 2.45) is 0 Å². The number of sulfonamides is 1. The third-order valence-corrected chi connectivity index (χ3v) is 8.15. The van der Waals surface area contributed by atoms with Gasteiger partial charge in [0.25, 0.3) is 0 Å². The molecule has 3 aromatic carbocycles. The van der Waals surface area contributed by atoms with Crippen molar-refractivity contribution in [3.63, 3.8) is 0 Å². The number of hydrogen-bond donors (Lipinski definition) is 3. The van der Waals surface area contributed by atoms with Crippen LogP contribution in [0.3, 0.4) is 0 Å². The smallest absolute Gasteiger partial charge is 0.416 e. The summed E-state index contributed by atoms with van der Waals surface area (Å²) in [5.41, 5.74) is 0.700. The van der Waals surface area contributed by atoms with E-state index >= 15 is 0 Å². The molecule has 2 atom stereocenters. The molecule has 1 heterocycles. The summed E-state index contributed by atoms with van der Waals surface area (Å²) in [6, 6.07) is 12.3. The van der Waals surface area contributed by atoms with Crippen LogP contribution < -0.4 is 20.1 Å². The van der Waals surface area contributed by atoms with Crippen molar-refractivity contribution in [1.29, 1.82) is 0 Å². The van der Waals surface area contributed by atoms with Crippen LogP contribution in [0.1, 0.15) is 68.0 Å². The van der Waals surface area contributed by atoms with E-state index in [1.165, 1.54) is 12.1 Å². The highest BCUT2D eigenvalue weighted by Crippen LogP contribution is 2.34. The Bertz CT molecular complexity index is 1540. The second kappa shape index (κ2) is 12.4. The SMILES string of the molecule is CC(C)(C)NCc1ccc2c(c1)OCCC2NC(=O)CC(NS(=O)(=O)c1cccc(C(F)(F)F)c1)c1cccc(F)c1. The van der Waals surface area contributed by atoms with Crippen molar-refractivity contribution in [2.45, 2.75) is 68.9 Å². The highest BCUT2D eigenvalue weighted by molar-refractivity contribution is 7.89. The van der Waals surface area contributed by atoms with E-state index in [0.717, 1.165) is 41.5 Å². The van der Waals surface area contributed by atoms with Gasteiger partial charge in [-0.3, -0.25) is 4.79 Å². The molecule has 1 aliphatic rings. The lowest BCUT2D eigenvalue weighted by Gasteiger charge is -2.28. The predicted octanol–water partition coefficient (Wildman–Crippen LogP) is 5.78. The van der Waals surface area contributed by atoms with Gasteiger partial charge in [0.2, 0.25) is 15.9 Å². The van der Waals surface area contributed by atoms with E-state index in [1.807, 2.05) is 18.2 Å². The van der Waals surface area contributed by atoms with Gasteiger partial charge in [0.15, 0.2) is 0 Å². The maximum absolute atomic E-state index is 14.1. The van der Waals surface area contributed by atoms with Gasteiger partial charge >= 0.3 is 6.18 Å². The second-order valence-electron chi connectivity index (χ2n) is 11.2. The largest absolute Gasteiger partial charge is 0.493 e.